The van der Waals surface area contributed by atoms with E-state index in [-0.39, 0.29) is 27.9 Å². The summed E-state index contributed by atoms with van der Waals surface area (Å²) in [4.78, 5) is 48.0. The maximum Gasteiger partial charge on any atom is 0.273 e. The Bertz CT molecular complexity index is 1910. The van der Waals surface area contributed by atoms with Gasteiger partial charge in [0.25, 0.3) is 11.5 Å². The molecule has 12 heteroatoms. The average molecular weight is 600 g/mol. The molecule has 1 amide bonds. The van der Waals surface area contributed by atoms with Crippen LogP contribution in [0, 0.1) is 11.7 Å². The fourth-order valence-electron chi connectivity index (χ4n) is 6.49. The van der Waals surface area contributed by atoms with Gasteiger partial charge in [0.1, 0.15) is 23.1 Å². The van der Waals surface area contributed by atoms with E-state index < -0.39 is 28.9 Å². The molecule has 0 bridgehead atoms. The number of allylic oxidation sites excluding steroid dienone is 1. The van der Waals surface area contributed by atoms with Crippen molar-refractivity contribution in [3.8, 4) is 0 Å². The van der Waals surface area contributed by atoms with E-state index in [0.717, 1.165) is 49.9 Å². The number of hydrogen-bond donors (Lipinski definition) is 3. The minimum absolute atomic E-state index is 0.0889. The number of benzene rings is 1. The first-order chi connectivity index (χ1) is 21.4. The Morgan fingerprint density at radius 2 is 1.93 bits per heavy atom. The third-order valence-electron chi connectivity index (χ3n) is 8.91. The second kappa shape index (κ2) is 11.9. The van der Waals surface area contributed by atoms with Gasteiger partial charge in [-0.3, -0.25) is 24.1 Å². The number of H-pyrrole nitrogens is 1. The molecule has 3 aliphatic heterocycles. The molecule has 0 saturated carbocycles. The van der Waals surface area contributed by atoms with Crippen molar-refractivity contribution >= 4 is 39.5 Å². The molecule has 0 radical (unpaired) electrons. The summed E-state index contributed by atoms with van der Waals surface area (Å²) >= 11 is 0. The number of amides is 1. The van der Waals surface area contributed by atoms with Gasteiger partial charge in [0.15, 0.2) is 0 Å². The van der Waals surface area contributed by atoms with Crippen LogP contribution in [0.5, 0.6) is 0 Å². The Hall–Kier alpha value is -4.42. The lowest BCUT2D eigenvalue weighted by Gasteiger charge is -2.24. The molecule has 44 heavy (non-hydrogen) atoms. The highest BCUT2D eigenvalue weighted by molar-refractivity contribution is 6.10. The number of aliphatic imine (C=N–C) groups is 1. The molecular formula is C32H34FN7O4. The molecule has 2 fully saturated rings. The number of aromatic nitrogens is 4. The number of pyridine rings is 2. The number of carbonyl (C=O) groups is 1. The van der Waals surface area contributed by atoms with Crippen LogP contribution in [0.4, 0.5) is 4.39 Å². The van der Waals surface area contributed by atoms with E-state index in [9.17, 15) is 18.8 Å². The van der Waals surface area contributed by atoms with Crippen LogP contribution in [0.25, 0.3) is 27.4 Å². The maximum atomic E-state index is 14.0. The maximum absolute atomic E-state index is 14.0. The van der Waals surface area contributed by atoms with Crippen LogP contribution >= 0.6 is 0 Å². The Labute approximate surface area is 251 Å². The molecule has 2 saturated heterocycles. The van der Waals surface area contributed by atoms with Crippen LogP contribution in [0.15, 0.2) is 57.4 Å². The molecule has 7 rings (SSSR count). The molecule has 3 aliphatic rings. The number of rotatable bonds is 6. The third-order valence-corrected chi connectivity index (χ3v) is 8.91. The second-order valence-electron chi connectivity index (χ2n) is 11.8. The minimum atomic E-state index is -0.579. The SMILES string of the molecule is O=C(NC1CC=C(c2cnn(C3CCNCC3)c2)C=N1)c1cn(CC2CCOCC2)c2c(=O)[nH]c3cc(F)ccc3c2c1=O. The number of carbonyl (C=O) groups excluding carboxylic acids is 1. The first kappa shape index (κ1) is 28.4. The molecule has 1 atom stereocenters. The number of fused-ring (bicyclic) bond motifs is 3. The summed E-state index contributed by atoms with van der Waals surface area (Å²) in [5, 5.41) is 11.3. The first-order valence-corrected chi connectivity index (χ1v) is 15.2. The Morgan fingerprint density at radius 1 is 1.11 bits per heavy atom. The van der Waals surface area contributed by atoms with Gasteiger partial charge in [0.05, 0.1) is 23.1 Å². The van der Waals surface area contributed by atoms with E-state index in [0.29, 0.717) is 37.6 Å². The van der Waals surface area contributed by atoms with Gasteiger partial charge < -0.3 is 24.9 Å². The van der Waals surface area contributed by atoms with Gasteiger partial charge in [-0.15, -0.1) is 0 Å². The fourth-order valence-corrected chi connectivity index (χ4v) is 6.49. The Morgan fingerprint density at radius 3 is 2.70 bits per heavy atom. The van der Waals surface area contributed by atoms with E-state index in [1.54, 1.807) is 10.8 Å². The topological polar surface area (TPSA) is 135 Å². The lowest BCUT2D eigenvalue weighted by molar-refractivity contribution is 0.0615. The quantitative estimate of drug-likeness (QED) is 0.292. The van der Waals surface area contributed by atoms with Crippen molar-refractivity contribution in [2.24, 2.45) is 10.9 Å². The first-order valence-electron chi connectivity index (χ1n) is 15.2. The molecule has 3 aromatic heterocycles. The van der Waals surface area contributed by atoms with E-state index in [2.05, 4.69) is 25.7 Å². The van der Waals surface area contributed by atoms with Crippen molar-refractivity contribution in [2.45, 2.75) is 50.9 Å². The number of nitrogens with one attached hydrogen (secondary N) is 3. The number of piperidine rings is 1. The molecule has 1 unspecified atom stereocenters. The van der Waals surface area contributed by atoms with Gasteiger partial charge in [0.2, 0.25) is 5.43 Å². The molecule has 1 aromatic carbocycles. The van der Waals surface area contributed by atoms with Crippen molar-refractivity contribution in [1.82, 2.24) is 30.0 Å². The van der Waals surface area contributed by atoms with Crippen LogP contribution < -0.4 is 21.6 Å². The van der Waals surface area contributed by atoms with Gasteiger partial charge in [-0.1, -0.05) is 6.08 Å². The summed E-state index contributed by atoms with van der Waals surface area (Å²) in [7, 11) is 0. The Kier molecular flexibility index (Phi) is 7.69. The zero-order valence-electron chi connectivity index (χ0n) is 24.2. The summed E-state index contributed by atoms with van der Waals surface area (Å²) in [6.45, 7) is 3.63. The second-order valence-corrected chi connectivity index (χ2v) is 11.8. The summed E-state index contributed by atoms with van der Waals surface area (Å²) in [5.74, 6) is -0.907. The molecule has 11 nitrogen and oxygen atoms in total. The average Bonchev–Trinajstić information content (AvgIpc) is 3.54. The van der Waals surface area contributed by atoms with Gasteiger partial charge in [-0.25, -0.2) is 4.39 Å². The highest BCUT2D eigenvalue weighted by atomic mass is 19.1. The summed E-state index contributed by atoms with van der Waals surface area (Å²) in [6.07, 6.45) is 12.6. The van der Waals surface area contributed by atoms with E-state index >= 15 is 0 Å². The lowest BCUT2D eigenvalue weighted by atomic mass is 9.99. The van der Waals surface area contributed by atoms with E-state index in [1.807, 2.05) is 23.2 Å². The van der Waals surface area contributed by atoms with Gasteiger partial charge in [0, 0.05) is 55.7 Å². The molecule has 6 heterocycles. The normalized spacial score (nSPS) is 19.8. The highest BCUT2D eigenvalue weighted by Crippen LogP contribution is 2.25. The number of nitrogens with zero attached hydrogens (tertiary/aromatic N) is 4. The van der Waals surface area contributed by atoms with Crippen LogP contribution in [0.2, 0.25) is 0 Å². The fraction of sp³-hybridized carbons (Fsp3) is 0.406. The predicted octanol–water partition coefficient (Wildman–Crippen LogP) is 3.14. The predicted molar refractivity (Wildman–Crippen MR) is 166 cm³/mol. The third kappa shape index (κ3) is 5.50. The van der Waals surface area contributed by atoms with E-state index in [1.165, 1.54) is 24.4 Å². The molecule has 0 aliphatic carbocycles. The van der Waals surface area contributed by atoms with Crippen LogP contribution in [0.1, 0.15) is 54.1 Å². The van der Waals surface area contributed by atoms with Gasteiger partial charge in [-0.05, 0) is 68.5 Å². The zero-order chi connectivity index (χ0) is 30.2. The van der Waals surface area contributed by atoms with Crippen molar-refractivity contribution < 1.29 is 13.9 Å². The van der Waals surface area contributed by atoms with Crippen LogP contribution in [-0.4, -0.2) is 63.9 Å². The number of aromatic amines is 1. The van der Waals surface area contributed by atoms with E-state index in [4.69, 9.17) is 4.74 Å². The number of ether oxygens (including phenoxy) is 1. The Balaban J connectivity index is 1.17. The van der Waals surface area contributed by atoms with Gasteiger partial charge in [-0.2, -0.15) is 5.10 Å². The smallest absolute Gasteiger partial charge is 0.273 e. The number of halogens is 1. The van der Waals surface area contributed by atoms with Crippen molar-refractivity contribution in [3.05, 3.63) is 80.4 Å². The van der Waals surface area contributed by atoms with Crippen LogP contribution in [0.3, 0.4) is 0 Å². The number of dihydropyridines is 1. The summed E-state index contributed by atoms with van der Waals surface area (Å²) < 4.78 is 23.3. The lowest BCUT2D eigenvalue weighted by Crippen LogP contribution is -2.38. The molecule has 228 valence electrons. The largest absolute Gasteiger partial charge is 0.381 e. The van der Waals surface area contributed by atoms with Gasteiger partial charge >= 0.3 is 0 Å². The molecular weight excluding hydrogens is 565 g/mol. The molecule has 4 aromatic rings. The highest BCUT2D eigenvalue weighted by Gasteiger charge is 2.24. The van der Waals surface area contributed by atoms with Crippen molar-refractivity contribution in [3.63, 3.8) is 0 Å². The summed E-state index contributed by atoms with van der Waals surface area (Å²) in [5.41, 5.74) is 1.10. The number of hydrogen-bond acceptors (Lipinski definition) is 7. The molecule has 0 spiro atoms. The van der Waals surface area contributed by atoms with Crippen molar-refractivity contribution in [1.29, 1.82) is 0 Å². The minimum Gasteiger partial charge on any atom is -0.381 e. The summed E-state index contributed by atoms with van der Waals surface area (Å²) in [6, 6.07) is 4.27. The monoisotopic (exact) mass is 599 g/mol. The standard InChI is InChI=1S/C32H34FN7O4/c33-22-2-3-24-26(13-22)37-32(43)29-28(24)30(41)25(18-39(29)16-19-7-11-44-12-8-19)31(42)38-27-4-1-20(14-35-27)21-15-36-40(17-21)23-5-9-34-10-6-23/h1-3,13-15,17-19,23,27,34H,4-12,16H2,(H,37,43)(H,38,42). The zero-order valence-corrected chi connectivity index (χ0v) is 24.2. The van der Waals surface area contributed by atoms with Crippen molar-refractivity contribution in [2.75, 3.05) is 26.3 Å². The van der Waals surface area contributed by atoms with Crippen LogP contribution in [-0.2, 0) is 11.3 Å². The molecule has 3 N–H and O–H groups in total.